The van der Waals surface area contributed by atoms with Gasteiger partial charge in [0.1, 0.15) is 0 Å². The first-order valence-corrected chi connectivity index (χ1v) is 8.27. The molecule has 2 rings (SSSR count). The first-order valence-electron chi connectivity index (χ1n) is 6.31. The second-order valence-electron chi connectivity index (χ2n) is 4.90. The fourth-order valence-electron chi connectivity index (χ4n) is 1.93. The molecule has 1 aromatic heterocycles. The maximum absolute atomic E-state index is 12.7. The van der Waals surface area contributed by atoms with E-state index in [0.29, 0.717) is 11.1 Å². The molecule has 21 heavy (non-hydrogen) atoms. The van der Waals surface area contributed by atoms with E-state index in [1.807, 2.05) is 0 Å². The molecule has 3 nitrogen and oxygen atoms in total. The number of rotatable bonds is 4. The van der Waals surface area contributed by atoms with Crippen molar-refractivity contribution in [2.75, 3.05) is 6.26 Å². The van der Waals surface area contributed by atoms with Gasteiger partial charge in [0.2, 0.25) is 0 Å². The molecule has 0 radical (unpaired) electrons. The summed E-state index contributed by atoms with van der Waals surface area (Å²) in [4.78, 5) is 3.80. The highest BCUT2D eigenvalue weighted by Crippen LogP contribution is 2.27. The van der Waals surface area contributed by atoms with Gasteiger partial charge in [-0.25, -0.2) is 17.2 Å². The van der Waals surface area contributed by atoms with Gasteiger partial charge < -0.3 is 0 Å². The van der Waals surface area contributed by atoms with Crippen molar-refractivity contribution in [1.82, 2.24) is 4.98 Å². The lowest BCUT2D eigenvalue weighted by Gasteiger charge is -2.11. The lowest BCUT2D eigenvalue weighted by Crippen LogP contribution is -2.07. The normalized spacial score (nSPS) is 13.4. The van der Waals surface area contributed by atoms with Gasteiger partial charge in [-0.05, 0) is 24.1 Å². The molecule has 0 N–H and O–H groups in total. The molecule has 0 aliphatic rings. The minimum Gasteiger partial charge on any atom is -0.264 e. The fraction of sp³-hybridized carbons (Fsp3) is 0.267. The average molecular weight is 311 g/mol. The van der Waals surface area contributed by atoms with Crippen LogP contribution in [0.4, 0.5) is 8.78 Å². The van der Waals surface area contributed by atoms with Gasteiger partial charge >= 0.3 is 0 Å². The molecule has 0 spiro atoms. The summed E-state index contributed by atoms with van der Waals surface area (Å²) in [7, 11) is -3.16. The van der Waals surface area contributed by atoms with Crippen LogP contribution in [0.25, 0.3) is 11.1 Å². The Bertz CT molecular complexity index is 728. The van der Waals surface area contributed by atoms with E-state index < -0.39 is 21.5 Å². The number of hydrogen-bond donors (Lipinski definition) is 0. The Balaban J connectivity index is 2.33. The van der Waals surface area contributed by atoms with Crippen molar-refractivity contribution >= 4 is 9.84 Å². The molecule has 0 aliphatic heterocycles. The molecule has 1 atom stereocenters. The first kappa shape index (κ1) is 15.6. The van der Waals surface area contributed by atoms with Crippen molar-refractivity contribution < 1.29 is 17.2 Å². The number of halogens is 2. The zero-order valence-electron chi connectivity index (χ0n) is 11.6. The predicted molar refractivity (Wildman–Crippen MR) is 77.9 cm³/mol. The predicted octanol–water partition coefficient (Wildman–Crippen LogP) is 3.79. The number of aromatic nitrogens is 1. The quantitative estimate of drug-likeness (QED) is 0.863. The summed E-state index contributed by atoms with van der Waals surface area (Å²) < 4.78 is 48.3. The van der Waals surface area contributed by atoms with Crippen molar-refractivity contribution in [3.8, 4) is 11.1 Å². The number of benzene rings is 1. The van der Waals surface area contributed by atoms with Crippen molar-refractivity contribution in [2.45, 2.75) is 18.6 Å². The van der Waals surface area contributed by atoms with Gasteiger partial charge in [0.25, 0.3) is 6.43 Å². The summed E-state index contributed by atoms with van der Waals surface area (Å²) in [6.45, 7) is 1.61. The van der Waals surface area contributed by atoms with Crippen LogP contribution in [-0.2, 0) is 9.84 Å². The second-order valence-corrected chi connectivity index (χ2v) is 7.27. The van der Waals surface area contributed by atoms with Crippen LogP contribution < -0.4 is 0 Å². The number of pyridine rings is 1. The molecule has 1 unspecified atom stereocenters. The van der Waals surface area contributed by atoms with Crippen LogP contribution in [0.3, 0.4) is 0 Å². The number of sulfone groups is 1. The van der Waals surface area contributed by atoms with Crippen LogP contribution in [-0.4, -0.2) is 19.7 Å². The van der Waals surface area contributed by atoms with Crippen molar-refractivity contribution in [1.29, 1.82) is 0 Å². The summed E-state index contributed by atoms with van der Waals surface area (Å²) in [5.41, 5.74) is 1.82. The van der Waals surface area contributed by atoms with E-state index in [0.717, 1.165) is 11.8 Å². The van der Waals surface area contributed by atoms with Gasteiger partial charge in [-0.3, -0.25) is 4.98 Å². The van der Waals surface area contributed by atoms with Gasteiger partial charge in [-0.15, -0.1) is 0 Å². The smallest absolute Gasteiger partial charge is 0.264 e. The number of nitrogens with zero attached hydrogens (tertiary/aromatic N) is 1. The van der Waals surface area contributed by atoms with Gasteiger partial charge in [0.15, 0.2) is 9.84 Å². The van der Waals surface area contributed by atoms with Crippen LogP contribution >= 0.6 is 0 Å². The Hall–Kier alpha value is -1.82. The Kier molecular flexibility index (Phi) is 4.37. The topological polar surface area (TPSA) is 47.0 Å². The summed E-state index contributed by atoms with van der Waals surface area (Å²) in [6, 6.07) is 8.19. The largest absolute Gasteiger partial charge is 0.265 e. The maximum Gasteiger partial charge on any atom is 0.265 e. The highest BCUT2D eigenvalue weighted by Gasteiger charge is 2.17. The standard InChI is InChI=1S/C15H15F2NO2S/c1-10(21(2,19)20)11-3-5-12(6-4-11)13-7-14(15(16)17)9-18-8-13/h3-10,15H,1-2H3. The minimum atomic E-state index is -3.16. The fourth-order valence-corrected chi connectivity index (χ4v) is 2.58. The maximum atomic E-state index is 12.7. The molecular formula is C15H15F2NO2S. The molecule has 112 valence electrons. The number of alkyl halides is 2. The van der Waals surface area contributed by atoms with E-state index in [4.69, 9.17) is 0 Å². The van der Waals surface area contributed by atoms with Gasteiger partial charge in [-0.2, -0.15) is 0 Å². The molecule has 1 aromatic carbocycles. The molecular weight excluding hydrogens is 296 g/mol. The zero-order valence-corrected chi connectivity index (χ0v) is 12.4. The summed E-state index contributed by atoms with van der Waals surface area (Å²) >= 11 is 0. The zero-order chi connectivity index (χ0) is 15.6. The number of hydrogen-bond acceptors (Lipinski definition) is 3. The summed E-state index contributed by atoms with van der Waals surface area (Å²) in [6.07, 6.45) is 1.25. The van der Waals surface area contributed by atoms with Gasteiger partial charge in [0.05, 0.1) is 5.25 Å². The van der Waals surface area contributed by atoms with E-state index in [-0.39, 0.29) is 5.56 Å². The van der Waals surface area contributed by atoms with Gasteiger partial charge in [-0.1, -0.05) is 24.3 Å². The Morgan fingerprint density at radius 1 is 1.00 bits per heavy atom. The van der Waals surface area contributed by atoms with Crippen LogP contribution in [0.15, 0.2) is 42.7 Å². The van der Waals surface area contributed by atoms with E-state index in [1.54, 1.807) is 31.2 Å². The summed E-state index contributed by atoms with van der Waals surface area (Å²) in [5, 5.41) is -0.600. The highest BCUT2D eigenvalue weighted by atomic mass is 32.2. The van der Waals surface area contributed by atoms with Crippen LogP contribution in [0.1, 0.15) is 29.7 Å². The Morgan fingerprint density at radius 3 is 2.14 bits per heavy atom. The molecule has 0 saturated heterocycles. The molecule has 0 saturated carbocycles. The average Bonchev–Trinajstić information content (AvgIpc) is 2.46. The minimum absolute atomic E-state index is 0.138. The molecule has 0 amide bonds. The second kappa shape index (κ2) is 5.89. The van der Waals surface area contributed by atoms with E-state index >= 15 is 0 Å². The summed E-state index contributed by atoms with van der Waals surface area (Å²) in [5.74, 6) is 0. The lowest BCUT2D eigenvalue weighted by atomic mass is 10.0. The lowest BCUT2D eigenvalue weighted by molar-refractivity contribution is 0.151. The third-order valence-electron chi connectivity index (χ3n) is 3.37. The van der Waals surface area contributed by atoms with E-state index in [9.17, 15) is 17.2 Å². The SMILES string of the molecule is CC(c1ccc(-c2cncc(C(F)F)c2)cc1)S(C)(=O)=O. The Labute approximate surface area is 122 Å². The monoisotopic (exact) mass is 311 g/mol. The Morgan fingerprint density at radius 2 is 1.62 bits per heavy atom. The van der Waals surface area contributed by atoms with E-state index in [2.05, 4.69) is 4.98 Å². The van der Waals surface area contributed by atoms with E-state index in [1.165, 1.54) is 18.5 Å². The molecule has 1 heterocycles. The molecule has 0 aliphatic carbocycles. The van der Waals surface area contributed by atoms with Crippen LogP contribution in [0, 0.1) is 0 Å². The molecule has 0 bridgehead atoms. The molecule has 2 aromatic rings. The third-order valence-corrected chi connectivity index (χ3v) is 4.92. The van der Waals surface area contributed by atoms with Crippen molar-refractivity contribution in [3.63, 3.8) is 0 Å². The molecule has 0 fully saturated rings. The van der Waals surface area contributed by atoms with Crippen molar-refractivity contribution in [2.24, 2.45) is 0 Å². The van der Waals surface area contributed by atoms with Crippen LogP contribution in [0.2, 0.25) is 0 Å². The van der Waals surface area contributed by atoms with Crippen LogP contribution in [0.5, 0.6) is 0 Å². The molecule has 6 heteroatoms. The van der Waals surface area contributed by atoms with Gasteiger partial charge in [0, 0.05) is 29.8 Å². The first-order chi connectivity index (χ1) is 9.79. The van der Waals surface area contributed by atoms with Crippen molar-refractivity contribution in [3.05, 3.63) is 53.9 Å². The third kappa shape index (κ3) is 3.64. The highest BCUT2D eigenvalue weighted by molar-refractivity contribution is 7.90.